The van der Waals surface area contributed by atoms with Gasteiger partial charge in [-0.3, -0.25) is 0 Å². The van der Waals surface area contributed by atoms with Crippen molar-refractivity contribution in [1.82, 2.24) is 4.31 Å². The SMILES string of the molecule is O=S(=O)(c1ccc(Br)cc1)N1CCS[C@H]1c1cccc(Cl)c1. The van der Waals surface area contributed by atoms with E-state index in [0.717, 1.165) is 15.8 Å². The molecule has 2 aromatic rings. The summed E-state index contributed by atoms with van der Waals surface area (Å²) in [6.07, 6.45) is 0. The first-order chi connectivity index (χ1) is 10.5. The summed E-state index contributed by atoms with van der Waals surface area (Å²) >= 11 is 11.0. The topological polar surface area (TPSA) is 37.4 Å². The Morgan fingerprint density at radius 1 is 1.18 bits per heavy atom. The molecule has 0 amide bonds. The molecule has 1 aliphatic heterocycles. The van der Waals surface area contributed by atoms with E-state index in [2.05, 4.69) is 15.9 Å². The molecule has 0 spiro atoms. The van der Waals surface area contributed by atoms with Crippen molar-refractivity contribution in [1.29, 1.82) is 0 Å². The minimum atomic E-state index is -3.52. The second-order valence-electron chi connectivity index (χ2n) is 4.85. The third-order valence-corrected chi connectivity index (χ3v) is 7.44. The Labute approximate surface area is 147 Å². The summed E-state index contributed by atoms with van der Waals surface area (Å²) in [7, 11) is -3.52. The van der Waals surface area contributed by atoms with Crippen LogP contribution in [-0.4, -0.2) is 25.0 Å². The fourth-order valence-corrected chi connectivity index (χ4v) is 6.06. The predicted molar refractivity (Wildman–Crippen MR) is 94.7 cm³/mol. The van der Waals surface area contributed by atoms with Gasteiger partial charge in [0.15, 0.2) is 0 Å². The highest BCUT2D eigenvalue weighted by molar-refractivity contribution is 9.10. The number of nitrogens with zero attached hydrogens (tertiary/aromatic N) is 1. The monoisotopic (exact) mass is 417 g/mol. The summed E-state index contributed by atoms with van der Waals surface area (Å²) in [5.41, 5.74) is 0.913. The number of sulfonamides is 1. The van der Waals surface area contributed by atoms with Crippen molar-refractivity contribution in [2.24, 2.45) is 0 Å². The largest absolute Gasteiger partial charge is 0.244 e. The van der Waals surface area contributed by atoms with Crippen LogP contribution >= 0.6 is 39.3 Å². The van der Waals surface area contributed by atoms with Gasteiger partial charge >= 0.3 is 0 Å². The summed E-state index contributed by atoms with van der Waals surface area (Å²) in [5.74, 6) is 0.771. The van der Waals surface area contributed by atoms with Gasteiger partial charge in [-0.1, -0.05) is 39.7 Å². The Kier molecular flexibility index (Phi) is 4.85. The molecule has 116 valence electrons. The first-order valence-electron chi connectivity index (χ1n) is 6.63. The molecule has 0 bridgehead atoms. The Bertz CT molecular complexity index is 780. The van der Waals surface area contributed by atoms with E-state index in [1.54, 1.807) is 46.4 Å². The standard InChI is InChI=1S/C15H13BrClNO2S2/c16-12-4-6-14(7-5-12)22(19,20)18-8-9-21-15(18)11-2-1-3-13(17)10-11/h1-7,10,15H,8-9H2/t15-/m0/s1. The van der Waals surface area contributed by atoms with Crippen LogP contribution in [0, 0.1) is 0 Å². The van der Waals surface area contributed by atoms with E-state index < -0.39 is 10.0 Å². The molecule has 3 nitrogen and oxygen atoms in total. The summed E-state index contributed by atoms with van der Waals surface area (Å²) in [5, 5.41) is 0.387. The van der Waals surface area contributed by atoms with Crippen LogP contribution in [0.5, 0.6) is 0 Å². The van der Waals surface area contributed by atoms with Gasteiger partial charge in [0, 0.05) is 21.8 Å². The maximum absolute atomic E-state index is 12.9. The van der Waals surface area contributed by atoms with Crippen LogP contribution in [0.4, 0.5) is 0 Å². The van der Waals surface area contributed by atoms with Crippen LogP contribution < -0.4 is 0 Å². The Morgan fingerprint density at radius 3 is 2.59 bits per heavy atom. The van der Waals surface area contributed by atoms with E-state index in [-0.39, 0.29) is 5.37 Å². The normalized spacial score (nSPS) is 19.5. The summed E-state index contributed by atoms with van der Waals surface area (Å²) in [6, 6.07) is 14.1. The molecule has 0 radical (unpaired) electrons. The quantitative estimate of drug-likeness (QED) is 0.734. The minimum Gasteiger partial charge on any atom is -0.207 e. The highest BCUT2D eigenvalue weighted by atomic mass is 79.9. The predicted octanol–water partition coefficient (Wildman–Crippen LogP) is 4.54. The van der Waals surface area contributed by atoms with Gasteiger partial charge in [0.25, 0.3) is 0 Å². The fourth-order valence-electron chi connectivity index (χ4n) is 2.37. The highest BCUT2D eigenvalue weighted by Gasteiger charge is 2.36. The highest BCUT2D eigenvalue weighted by Crippen LogP contribution is 2.41. The zero-order chi connectivity index (χ0) is 15.7. The molecular formula is C15H13BrClNO2S2. The first-order valence-corrected chi connectivity index (χ1v) is 10.3. The van der Waals surface area contributed by atoms with E-state index >= 15 is 0 Å². The number of hydrogen-bond acceptors (Lipinski definition) is 3. The van der Waals surface area contributed by atoms with Crippen LogP contribution in [0.15, 0.2) is 57.9 Å². The van der Waals surface area contributed by atoms with Gasteiger partial charge < -0.3 is 0 Å². The maximum atomic E-state index is 12.9. The van der Waals surface area contributed by atoms with Crippen molar-refractivity contribution in [3.05, 3.63) is 63.6 Å². The molecule has 0 aromatic heterocycles. The van der Waals surface area contributed by atoms with E-state index in [9.17, 15) is 8.42 Å². The van der Waals surface area contributed by atoms with Crippen molar-refractivity contribution in [2.75, 3.05) is 12.3 Å². The fraction of sp³-hybridized carbons (Fsp3) is 0.200. The minimum absolute atomic E-state index is 0.229. The lowest BCUT2D eigenvalue weighted by molar-refractivity contribution is 0.434. The average molecular weight is 419 g/mol. The smallest absolute Gasteiger partial charge is 0.207 e. The Balaban J connectivity index is 1.97. The van der Waals surface area contributed by atoms with Crippen molar-refractivity contribution in [3.8, 4) is 0 Å². The molecule has 1 saturated heterocycles. The van der Waals surface area contributed by atoms with Gasteiger partial charge in [-0.2, -0.15) is 4.31 Å². The summed E-state index contributed by atoms with van der Waals surface area (Å²) in [6.45, 7) is 0.500. The van der Waals surface area contributed by atoms with Crippen molar-refractivity contribution in [2.45, 2.75) is 10.3 Å². The van der Waals surface area contributed by atoms with Crippen LogP contribution in [-0.2, 0) is 10.0 Å². The lowest BCUT2D eigenvalue weighted by Crippen LogP contribution is -2.30. The molecule has 7 heteroatoms. The molecule has 22 heavy (non-hydrogen) atoms. The van der Waals surface area contributed by atoms with Crippen molar-refractivity contribution < 1.29 is 8.42 Å². The van der Waals surface area contributed by atoms with E-state index in [4.69, 9.17) is 11.6 Å². The van der Waals surface area contributed by atoms with Gasteiger partial charge in [0.05, 0.1) is 10.3 Å². The number of halogens is 2. The molecular weight excluding hydrogens is 406 g/mol. The van der Waals surface area contributed by atoms with Crippen LogP contribution in [0.3, 0.4) is 0 Å². The lowest BCUT2D eigenvalue weighted by atomic mass is 10.2. The molecule has 0 unspecified atom stereocenters. The number of hydrogen-bond donors (Lipinski definition) is 0. The molecule has 1 atom stereocenters. The maximum Gasteiger partial charge on any atom is 0.244 e. The van der Waals surface area contributed by atoms with E-state index in [1.807, 2.05) is 18.2 Å². The lowest BCUT2D eigenvalue weighted by Gasteiger charge is -2.23. The van der Waals surface area contributed by atoms with Gasteiger partial charge in [0.1, 0.15) is 0 Å². The van der Waals surface area contributed by atoms with Crippen LogP contribution in [0.25, 0.3) is 0 Å². The second-order valence-corrected chi connectivity index (χ2v) is 9.28. The Hall–Kier alpha value is -0.530. The molecule has 1 heterocycles. The zero-order valence-corrected chi connectivity index (χ0v) is 15.4. The Morgan fingerprint density at radius 2 is 1.91 bits per heavy atom. The molecule has 0 N–H and O–H groups in total. The van der Waals surface area contributed by atoms with Crippen molar-refractivity contribution >= 4 is 49.3 Å². The molecule has 1 aliphatic rings. The average Bonchev–Trinajstić information content (AvgIpc) is 2.98. The van der Waals surface area contributed by atoms with Crippen molar-refractivity contribution in [3.63, 3.8) is 0 Å². The molecule has 3 rings (SSSR count). The molecule has 0 aliphatic carbocycles. The third-order valence-electron chi connectivity index (χ3n) is 3.40. The summed E-state index contributed by atoms with van der Waals surface area (Å²) in [4.78, 5) is 0.310. The first kappa shape index (κ1) is 16.3. The van der Waals surface area contributed by atoms with E-state index in [0.29, 0.717) is 16.5 Å². The molecule has 0 saturated carbocycles. The second kappa shape index (κ2) is 6.53. The number of thioether (sulfide) groups is 1. The van der Waals surface area contributed by atoms with Crippen LogP contribution in [0.1, 0.15) is 10.9 Å². The van der Waals surface area contributed by atoms with E-state index in [1.165, 1.54) is 0 Å². The molecule has 2 aromatic carbocycles. The number of rotatable bonds is 3. The third kappa shape index (κ3) is 3.21. The van der Waals surface area contributed by atoms with Gasteiger partial charge in [0.2, 0.25) is 10.0 Å². The van der Waals surface area contributed by atoms with Crippen LogP contribution in [0.2, 0.25) is 5.02 Å². The molecule has 1 fully saturated rings. The summed E-state index contributed by atoms with van der Waals surface area (Å²) < 4.78 is 28.2. The number of benzene rings is 2. The van der Waals surface area contributed by atoms with Gasteiger partial charge in [-0.05, 0) is 42.0 Å². The zero-order valence-electron chi connectivity index (χ0n) is 11.4. The van der Waals surface area contributed by atoms with Gasteiger partial charge in [-0.15, -0.1) is 11.8 Å². The van der Waals surface area contributed by atoms with Gasteiger partial charge in [-0.25, -0.2) is 8.42 Å².